The molecule has 2 atom stereocenters. The summed E-state index contributed by atoms with van der Waals surface area (Å²) < 4.78 is 10.9. The standard InChI is InChI=1S/C19H19NO3/c21-19(23-12-13-5-2-1-3-6-13)20-17-11-16(17)14-7-4-8-18-15(14)9-10-22-18/h1-8,16-17H,9-12H2,(H,20,21)/t16?,17-/m0/s1. The number of carbonyl (C=O) groups excluding carboxylic acids is 1. The lowest BCUT2D eigenvalue weighted by atomic mass is 10.0. The molecular formula is C19H19NO3. The van der Waals surface area contributed by atoms with E-state index in [2.05, 4.69) is 11.4 Å². The Labute approximate surface area is 135 Å². The van der Waals surface area contributed by atoms with Gasteiger partial charge >= 0.3 is 6.09 Å². The van der Waals surface area contributed by atoms with Crippen molar-refractivity contribution in [3.63, 3.8) is 0 Å². The van der Waals surface area contributed by atoms with Gasteiger partial charge in [0.15, 0.2) is 0 Å². The molecular weight excluding hydrogens is 290 g/mol. The zero-order valence-electron chi connectivity index (χ0n) is 12.8. The van der Waals surface area contributed by atoms with E-state index in [1.807, 2.05) is 42.5 Å². The predicted molar refractivity (Wildman–Crippen MR) is 86.5 cm³/mol. The summed E-state index contributed by atoms with van der Waals surface area (Å²) >= 11 is 0. The van der Waals surface area contributed by atoms with Gasteiger partial charge in [-0.3, -0.25) is 0 Å². The largest absolute Gasteiger partial charge is 0.493 e. The van der Waals surface area contributed by atoms with Gasteiger partial charge in [0.05, 0.1) is 6.61 Å². The average Bonchev–Trinajstić information content (AvgIpc) is 3.16. The first-order valence-corrected chi connectivity index (χ1v) is 8.03. The van der Waals surface area contributed by atoms with Gasteiger partial charge in [-0.05, 0) is 23.6 Å². The highest BCUT2D eigenvalue weighted by molar-refractivity contribution is 5.68. The number of hydrogen-bond donors (Lipinski definition) is 1. The Balaban J connectivity index is 1.32. The van der Waals surface area contributed by atoms with E-state index < -0.39 is 0 Å². The van der Waals surface area contributed by atoms with Gasteiger partial charge in [-0.2, -0.15) is 0 Å². The van der Waals surface area contributed by atoms with E-state index >= 15 is 0 Å². The van der Waals surface area contributed by atoms with E-state index in [0.717, 1.165) is 30.8 Å². The van der Waals surface area contributed by atoms with Crippen molar-refractivity contribution in [2.75, 3.05) is 6.61 Å². The summed E-state index contributed by atoms with van der Waals surface area (Å²) in [4.78, 5) is 11.9. The van der Waals surface area contributed by atoms with E-state index in [1.54, 1.807) is 0 Å². The fourth-order valence-corrected chi connectivity index (χ4v) is 3.21. The molecule has 0 aromatic heterocycles. The maximum atomic E-state index is 11.9. The van der Waals surface area contributed by atoms with Crippen LogP contribution in [0.15, 0.2) is 48.5 Å². The summed E-state index contributed by atoms with van der Waals surface area (Å²) in [7, 11) is 0. The second kappa shape index (κ2) is 5.95. The van der Waals surface area contributed by atoms with Crippen LogP contribution >= 0.6 is 0 Å². The number of ether oxygens (including phenoxy) is 2. The molecule has 1 amide bonds. The number of hydrogen-bond acceptors (Lipinski definition) is 3. The van der Waals surface area contributed by atoms with Crippen LogP contribution in [-0.2, 0) is 17.8 Å². The van der Waals surface area contributed by atoms with E-state index in [0.29, 0.717) is 12.5 Å². The summed E-state index contributed by atoms with van der Waals surface area (Å²) in [6.45, 7) is 1.06. The minimum Gasteiger partial charge on any atom is -0.493 e. The highest BCUT2D eigenvalue weighted by Crippen LogP contribution is 2.45. The molecule has 1 aliphatic heterocycles. The van der Waals surface area contributed by atoms with Gasteiger partial charge in [0.1, 0.15) is 12.4 Å². The fourth-order valence-electron chi connectivity index (χ4n) is 3.21. The number of rotatable bonds is 4. The Morgan fingerprint density at radius 3 is 2.91 bits per heavy atom. The van der Waals surface area contributed by atoms with Crippen molar-refractivity contribution in [1.29, 1.82) is 0 Å². The highest BCUT2D eigenvalue weighted by Gasteiger charge is 2.42. The van der Waals surface area contributed by atoms with E-state index in [-0.39, 0.29) is 12.1 Å². The molecule has 2 aliphatic rings. The summed E-state index contributed by atoms with van der Waals surface area (Å²) in [6.07, 6.45) is 1.59. The first kappa shape index (κ1) is 14.1. The van der Waals surface area contributed by atoms with Gasteiger partial charge < -0.3 is 14.8 Å². The van der Waals surface area contributed by atoms with Crippen LogP contribution in [0.3, 0.4) is 0 Å². The molecule has 1 heterocycles. The summed E-state index contributed by atoms with van der Waals surface area (Å²) in [5.41, 5.74) is 3.61. The molecule has 1 saturated carbocycles. The maximum absolute atomic E-state index is 11.9. The molecule has 2 aromatic rings. The number of fused-ring (bicyclic) bond motifs is 1. The molecule has 4 nitrogen and oxygen atoms in total. The topological polar surface area (TPSA) is 47.6 Å². The van der Waals surface area contributed by atoms with Crippen LogP contribution in [0.5, 0.6) is 5.75 Å². The van der Waals surface area contributed by atoms with Gasteiger partial charge in [0.2, 0.25) is 0 Å². The molecule has 4 heteroatoms. The van der Waals surface area contributed by atoms with Crippen molar-refractivity contribution in [1.82, 2.24) is 5.32 Å². The van der Waals surface area contributed by atoms with Crippen LogP contribution < -0.4 is 10.1 Å². The third-order valence-electron chi connectivity index (χ3n) is 4.48. The molecule has 0 saturated heterocycles. The molecule has 1 aliphatic carbocycles. The Hall–Kier alpha value is -2.49. The lowest BCUT2D eigenvalue weighted by molar-refractivity contribution is 0.139. The van der Waals surface area contributed by atoms with E-state index in [4.69, 9.17) is 9.47 Å². The number of benzene rings is 2. The smallest absolute Gasteiger partial charge is 0.407 e. The molecule has 1 N–H and O–H groups in total. The van der Waals surface area contributed by atoms with Crippen molar-refractivity contribution in [3.8, 4) is 5.75 Å². The lowest BCUT2D eigenvalue weighted by Gasteiger charge is -2.09. The molecule has 0 spiro atoms. The molecule has 4 rings (SSSR count). The molecule has 1 fully saturated rings. The third kappa shape index (κ3) is 3.02. The molecule has 118 valence electrons. The number of carbonyl (C=O) groups is 1. The first-order chi connectivity index (χ1) is 11.3. The second-order valence-electron chi connectivity index (χ2n) is 6.08. The first-order valence-electron chi connectivity index (χ1n) is 8.03. The summed E-state index contributed by atoms with van der Waals surface area (Å²) in [6, 6.07) is 16.1. The second-order valence-corrected chi connectivity index (χ2v) is 6.08. The van der Waals surface area contributed by atoms with Crippen LogP contribution in [0.25, 0.3) is 0 Å². The lowest BCUT2D eigenvalue weighted by Crippen LogP contribution is -2.27. The van der Waals surface area contributed by atoms with Gasteiger partial charge in [-0.1, -0.05) is 42.5 Å². The van der Waals surface area contributed by atoms with Gasteiger partial charge in [0, 0.05) is 23.9 Å². The average molecular weight is 309 g/mol. The van der Waals surface area contributed by atoms with Crippen LogP contribution in [-0.4, -0.2) is 18.7 Å². The molecule has 23 heavy (non-hydrogen) atoms. The Bertz CT molecular complexity index is 714. The van der Waals surface area contributed by atoms with E-state index in [9.17, 15) is 4.79 Å². The molecule has 0 bridgehead atoms. The molecule has 0 radical (unpaired) electrons. The van der Waals surface area contributed by atoms with Crippen molar-refractivity contribution >= 4 is 6.09 Å². The number of alkyl carbamates (subject to hydrolysis) is 1. The van der Waals surface area contributed by atoms with Crippen LogP contribution in [0.1, 0.15) is 29.0 Å². The third-order valence-corrected chi connectivity index (χ3v) is 4.48. The van der Waals surface area contributed by atoms with Crippen molar-refractivity contribution < 1.29 is 14.3 Å². The Morgan fingerprint density at radius 1 is 1.17 bits per heavy atom. The van der Waals surface area contributed by atoms with E-state index in [1.165, 1.54) is 11.1 Å². The van der Waals surface area contributed by atoms with Gasteiger partial charge in [-0.15, -0.1) is 0 Å². The Kier molecular flexibility index (Phi) is 3.66. The van der Waals surface area contributed by atoms with Crippen molar-refractivity contribution in [2.45, 2.75) is 31.4 Å². The highest BCUT2D eigenvalue weighted by atomic mass is 16.5. The number of amides is 1. The monoisotopic (exact) mass is 309 g/mol. The van der Waals surface area contributed by atoms with Crippen molar-refractivity contribution in [3.05, 3.63) is 65.2 Å². The SMILES string of the molecule is O=C(N[C@H]1CC1c1cccc2c1CCO2)OCc1ccccc1. The Morgan fingerprint density at radius 2 is 2.04 bits per heavy atom. The summed E-state index contributed by atoms with van der Waals surface area (Å²) in [5.74, 6) is 1.38. The minimum atomic E-state index is -0.342. The maximum Gasteiger partial charge on any atom is 0.407 e. The van der Waals surface area contributed by atoms with Crippen LogP contribution in [0.2, 0.25) is 0 Å². The number of nitrogens with one attached hydrogen (secondary N) is 1. The quantitative estimate of drug-likeness (QED) is 0.941. The van der Waals surface area contributed by atoms with Crippen LogP contribution in [0.4, 0.5) is 4.79 Å². The fraction of sp³-hybridized carbons (Fsp3) is 0.316. The zero-order valence-corrected chi connectivity index (χ0v) is 12.8. The van der Waals surface area contributed by atoms with Gasteiger partial charge in [-0.25, -0.2) is 4.79 Å². The minimum absolute atomic E-state index is 0.172. The molecule has 1 unspecified atom stereocenters. The van der Waals surface area contributed by atoms with Crippen molar-refractivity contribution in [2.24, 2.45) is 0 Å². The predicted octanol–water partition coefficient (Wildman–Crippen LogP) is 3.40. The molecule has 2 aromatic carbocycles. The van der Waals surface area contributed by atoms with Gasteiger partial charge in [0.25, 0.3) is 0 Å². The normalized spacial score (nSPS) is 21.2. The van der Waals surface area contributed by atoms with Crippen LogP contribution in [0, 0.1) is 0 Å². The summed E-state index contributed by atoms with van der Waals surface area (Å²) in [5, 5.41) is 2.96. The zero-order chi connectivity index (χ0) is 15.6.